The number of aryl methyl sites for hydroxylation is 1. The summed E-state index contributed by atoms with van der Waals surface area (Å²) in [6.45, 7) is 1.71. The van der Waals surface area contributed by atoms with Gasteiger partial charge in [0.2, 0.25) is 0 Å². The predicted octanol–water partition coefficient (Wildman–Crippen LogP) is 1.80. The zero-order valence-corrected chi connectivity index (χ0v) is 17.2. The van der Waals surface area contributed by atoms with E-state index in [9.17, 15) is 18.0 Å². The summed E-state index contributed by atoms with van der Waals surface area (Å²) < 4.78 is 34.9. The van der Waals surface area contributed by atoms with Gasteiger partial charge in [-0.15, -0.1) is 0 Å². The fraction of sp³-hybridized carbons (Fsp3) is 0.333. The summed E-state index contributed by atoms with van der Waals surface area (Å²) in [7, 11) is -3.29. The SMILES string of the molecule is CS(=O)(=O)c1ccc2c(c1)CCCN2CN1C(=O)C(=O)c2cc3c(cc21)OCCO3. The van der Waals surface area contributed by atoms with Gasteiger partial charge in [-0.05, 0) is 42.7 Å². The average molecular weight is 428 g/mol. The summed E-state index contributed by atoms with van der Waals surface area (Å²) in [5.41, 5.74) is 2.62. The molecule has 0 fully saturated rings. The molecular formula is C21H20N2O6S. The molecule has 0 bridgehead atoms. The topological polar surface area (TPSA) is 93.2 Å². The standard InChI is InChI=1S/C21H20N2O6S/c1-30(26,27)14-4-5-16-13(9-14)3-2-6-22(16)12-23-17-11-19-18(28-7-8-29-19)10-15(17)20(24)21(23)25/h4-5,9-11H,2-3,6-8,12H2,1H3. The lowest BCUT2D eigenvalue weighted by Crippen LogP contribution is -2.43. The van der Waals surface area contributed by atoms with Gasteiger partial charge in [0.1, 0.15) is 13.2 Å². The summed E-state index contributed by atoms with van der Waals surface area (Å²) in [5, 5.41) is 0. The molecule has 0 spiro atoms. The molecular weight excluding hydrogens is 408 g/mol. The Labute approximate surface area is 173 Å². The number of sulfone groups is 1. The summed E-state index contributed by atoms with van der Waals surface area (Å²) in [6.07, 6.45) is 2.77. The Kier molecular flexibility index (Phi) is 4.25. The van der Waals surface area contributed by atoms with E-state index in [1.165, 1.54) is 11.2 Å². The Balaban J connectivity index is 1.49. The maximum atomic E-state index is 12.7. The molecule has 30 heavy (non-hydrogen) atoms. The maximum Gasteiger partial charge on any atom is 0.300 e. The minimum absolute atomic E-state index is 0.197. The molecule has 0 N–H and O–H groups in total. The van der Waals surface area contributed by atoms with E-state index in [0.717, 1.165) is 24.1 Å². The highest BCUT2D eigenvalue weighted by molar-refractivity contribution is 7.90. The number of nitrogens with zero attached hydrogens (tertiary/aromatic N) is 2. The number of Topliss-reactive ketones (excluding diaryl/α,β-unsaturated/α-hetero) is 1. The van der Waals surface area contributed by atoms with Gasteiger partial charge >= 0.3 is 5.91 Å². The third-order valence-corrected chi connectivity index (χ3v) is 6.75. The minimum Gasteiger partial charge on any atom is -0.486 e. The van der Waals surface area contributed by atoms with Crippen molar-refractivity contribution >= 4 is 32.9 Å². The van der Waals surface area contributed by atoms with Crippen LogP contribution in [-0.4, -0.2) is 52.8 Å². The molecule has 1 amide bonds. The van der Waals surface area contributed by atoms with Crippen molar-refractivity contribution in [2.45, 2.75) is 17.7 Å². The number of anilines is 2. The Morgan fingerprint density at radius 2 is 1.73 bits per heavy atom. The first-order valence-electron chi connectivity index (χ1n) is 9.71. The van der Waals surface area contributed by atoms with Crippen molar-refractivity contribution in [3.63, 3.8) is 0 Å². The van der Waals surface area contributed by atoms with Crippen LogP contribution >= 0.6 is 0 Å². The number of ether oxygens (including phenoxy) is 2. The molecule has 9 heteroatoms. The van der Waals surface area contributed by atoms with Crippen molar-refractivity contribution < 1.29 is 27.5 Å². The van der Waals surface area contributed by atoms with Crippen molar-refractivity contribution in [3.8, 4) is 11.5 Å². The Hall–Kier alpha value is -3.07. The molecule has 0 atom stereocenters. The fourth-order valence-electron chi connectivity index (χ4n) is 4.17. The quantitative estimate of drug-likeness (QED) is 0.688. The number of fused-ring (bicyclic) bond motifs is 3. The largest absolute Gasteiger partial charge is 0.486 e. The maximum absolute atomic E-state index is 12.7. The molecule has 5 rings (SSSR count). The van der Waals surface area contributed by atoms with Crippen LogP contribution in [0.25, 0.3) is 0 Å². The molecule has 0 saturated carbocycles. The van der Waals surface area contributed by atoms with E-state index in [0.29, 0.717) is 42.5 Å². The van der Waals surface area contributed by atoms with Gasteiger partial charge in [0.05, 0.1) is 22.8 Å². The number of ketones is 1. The second-order valence-electron chi connectivity index (χ2n) is 7.65. The lowest BCUT2D eigenvalue weighted by molar-refractivity contribution is -0.114. The first kappa shape index (κ1) is 18.9. The lowest BCUT2D eigenvalue weighted by atomic mass is 10.0. The van der Waals surface area contributed by atoms with Crippen LogP contribution in [-0.2, 0) is 21.1 Å². The fourth-order valence-corrected chi connectivity index (χ4v) is 4.84. The van der Waals surface area contributed by atoms with Crippen LogP contribution in [0.5, 0.6) is 11.5 Å². The van der Waals surface area contributed by atoms with Crippen LogP contribution in [0.2, 0.25) is 0 Å². The summed E-state index contributed by atoms with van der Waals surface area (Å²) >= 11 is 0. The van der Waals surface area contributed by atoms with Crippen molar-refractivity contribution in [1.29, 1.82) is 0 Å². The third kappa shape index (κ3) is 3.00. The van der Waals surface area contributed by atoms with E-state index in [-0.39, 0.29) is 11.6 Å². The van der Waals surface area contributed by atoms with E-state index in [1.54, 1.807) is 30.3 Å². The zero-order chi connectivity index (χ0) is 21.0. The minimum atomic E-state index is -3.29. The molecule has 3 aliphatic rings. The van der Waals surface area contributed by atoms with E-state index < -0.39 is 21.5 Å². The Morgan fingerprint density at radius 1 is 1.00 bits per heavy atom. The molecule has 2 aromatic carbocycles. The number of carbonyl (C=O) groups excluding carboxylic acids is 2. The highest BCUT2D eigenvalue weighted by atomic mass is 32.2. The van der Waals surface area contributed by atoms with Crippen LogP contribution in [0.15, 0.2) is 35.2 Å². The second-order valence-corrected chi connectivity index (χ2v) is 9.66. The molecule has 2 aromatic rings. The van der Waals surface area contributed by atoms with Crippen molar-refractivity contribution in [2.75, 3.05) is 42.5 Å². The monoisotopic (exact) mass is 428 g/mol. The number of benzene rings is 2. The van der Waals surface area contributed by atoms with Gasteiger partial charge in [-0.3, -0.25) is 14.5 Å². The summed E-state index contributed by atoms with van der Waals surface area (Å²) in [4.78, 5) is 29.0. The molecule has 0 radical (unpaired) electrons. The van der Waals surface area contributed by atoms with Crippen LogP contribution < -0.4 is 19.3 Å². The van der Waals surface area contributed by atoms with E-state index >= 15 is 0 Å². The number of amides is 1. The predicted molar refractivity (Wildman–Crippen MR) is 109 cm³/mol. The first-order chi connectivity index (χ1) is 14.3. The van der Waals surface area contributed by atoms with E-state index in [2.05, 4.69) is 0 Å². The Bertz CT molecular complexity index is 1190. The smallest absolute Gasteiger partial charge is 0.300 e. The van der Waals surface area contributed by atoms with Crippen LogP contribution in [0.4, 0.5) is 11.4 Å². The summed E-state index contributed by atoms with van der Waals surface area (Å²) in [5.74, 6) is -0.164. The van der Waals surface area contributed by atoms with Gasteiger partial charge in [0.15, 0.2) is 21.3 Å². The van der Waals surface area contributed by atoms with Crippen LogP contribution in [0.3, 0.4) is 0 Å². The van der Waals surface area contributed by atoms with Crippen LogP contribution in [0, 0.1) is 0 Å². The van der Waals surface area contributed by atoms with Gasteiger partial charge in [-0.1, -0.05) is 0 Å². The normalized spacial score (nSPS) is 17.8. The van der Waals surface area contributed by atoms with Gasteiger partial charge in [-0.25, -0.2) is 8.42 Å². The zero-order valence-electron chi connectivity index (χ0n) is 16.4. The molecule has 156 valence electrons. The number of hydrogen-bond acceptors (Lipinski definition) is 7. The van der Waals surface area contributed by atoms with Gasteiger partial charge in [-0.2, -0.15) is 0 Å². The van der Waals surface area contributed by atoms with Crippen molar-refractivity contribution in [1.82, 2.24) is 0 Å². The van der Waals surface area contributed by atoms with Crippen LogP contribution in [0.1, 0.15) is 22.3 Å². The second kappa shape index (κ2) is 6.73. The van der Waals surface area contributed by atoms with Crippen molar-refractivity contribution in [3.05, 3.63) is 41.5 Å². The third-order valence-electron chi connectivity index (χ3n) is 5.64. The molecule has 3 aliphatic heterocycles. The number of rotatable bonds is 3. The molecule has 0 aliphatic carbocycles. The first-order valence-corrected chi connectivity index (χ1v) is 11.6. The highest BCUT2D eigenvalue weighted by Crippen LogP contribution is 2.41. The number of hydrogen-bond donors (Lipinski definition) is 0. The molecule has 8 nitrogen and oxygen atoms in total. The summed E-state index contributed by atoms with van der Waals surface area (Å²) in [6, 6.07) is 8.32. The molecule has 0 saturated heterocycles. The van der Waals surface area contributed by atoms with Gasteiger partial charge < -0.3 is 14.4 Å². The van der Waals surface area contributed by atoms with E-state index in [1.807, 2.05) is 4.90 Å². The number of carbonyl (C=O) groups is 2. The molecule has 0 aromatic heterocycles. The average Bonchev–Trinajstić information content (AvgIpc) is 2.95. The molecule has 0 unspecified atom stereocenters. The van der Waals surface area contributed by atoms with E-state index in [4.69, 9.17) is 9.47 Å². The van der Waals surface area contributed by atoms with Crippen molar-refractivity contribution in [2.24, 2.45) is 0 Å². The molecule has 3 heterocycles. The highest BCUT2D eigenvalue weighted by Gasteiger charge is 2.39. The lowest BCUT2D eigenvalue weighted by Gasteiger charge is -2.34. The Morgan fingerprint density at radius 3 is 2.47 bits per heavy atom. The van der Waals surface area contributed by atoms with Gasteiger partial charge in [0.25, 0.3) is 5.78 Å². The van der Waals surface area contributed by atoms with Gasteiger partial charge in [0, 0.05) is 24.6 Å².